The van der Waals surface area contributed by atoms with Gasteiger partial charge in [-0.2, -0.15) is 0 Å². The highest BCUT2D eigenvalue weighted by Crippen LogP contribution is 2.28. The van der Waals surface area contributed by atoms with Crippen LogP contribution in [0.25, 0.3) is 4.85 Å². The van der Waals surface area contributed by atoms with E-state index >= 15 is 0 Å². The summed E-state index contributed by atoms with van der Waals surface area (Å²) in [6, 6.07) is 3.89. The Kier molecular flexibility index (Phi) is 3.47. The van der Waals surface area contributed by atoms with Crippen molar-refractivity contribution in [2.45, 2.75) is 19.9 Å². The first-order valence-corrected chi connectivity index (χ1v) is 4.47. The number of benzene rings is 1. The summed E-state index contributed by atoms with van der Waals surface area (Å²) in [5.41, 5.74) is 0.613. The number of halogens is 1. The molecule has 0 N–H and O–H groups in total. The van der Waals surface area contributed by atoms with Crippen molar-refractivity contribution in [1.29, 1.82) is 0 Å². The van der Waals surface area contributed by atoms with E-state index < -0.39 is 0 Å². The fourth-order valence-electron chi connectivity index (χ4n) is 1.20. The highest BCUT2D eigenvalue weighted by molar-refractivity contribution is 5.37. The van der Waals surface area contributed by atoms with Crippen LogP contribution in [0.15, 0.2) is 18.2 Å². The van der Waals surface area contributed by atoms with Gasteiger partial charge in [-0.1, -0.05) is 0 Å². The average molecular weight is 193 g/mol. The Hall–Kier alpha value is -1.56. The Morgan fingerprint density at radius 3 is 2.86 bits per heavy atom. The Labute approximate surface area is 83.1 Å². The molecule has 0 bridgehead atoms. The molecule has 0 saturated heterocycles. The summed E-state index contributed by atoms with van der Waals surface area (Å²) < 4.78 is 18.2. The lowest BCUT2D eigenvalue weighted by Gasteiger charge is -2.08. The normalized spacial score (nSPS) is 11.9. The predicted molar refractivity (Wildman–Crippen MR) is 52.6 cm³/mol. The van der Waals surface area contributed by atoms with Crippen molar-refractivity contribution in [3.63, 3.8) is 0 Å². The standard InChI is InChI=1S/C11H12FNO/c1-4-14-11-6-5-9(12)7-10(11)8(2)13-3/h5-8H,4H2,1-2H3. The Bertz CT molecular complexity index is 357. The molecule has 0 amide bonds. The van der Waals surface area contributed by atoms with Gasteiger partial charge in [0.05, 0.1) is 12.2 Å². The molecule has 0 spiro atoms. The van der Waals surface area contributed by atoms with Crippen LogP contribution in [0.4, 0.5) is 4.39 Å². The summed E-state index contributed by atoms with van der Waals surface area (Å²) >= 11 is 0. The number of rotatable bonds is 3. The molecular weight excluding hydrogens is 181 g/mol. The van der Waals surface area contributed by atoms with Crippen molar-refractivity contribution < 1.29 is 9.13 Å². The molecule has 74 valence electrons. The molecule has 0 saturated carbocycles. The number of hydrogen-bond donors (Lipinski definition) is 0. The summed E-state index contributed by atoms with van der Waals surface area (Å²) in [6.07, 6.45) is 0. The van der Waals surface area contributed by atoms with Gasteiger partial charge in [0.15, 0.2) is 0 Å². The Morgan fingerprint density at radius 1 is 1.57 bits per heavy atom. The third-order valence-corrected chi connectivity index (χ3v) is 1.92. The van der Waals surface area contributed by atoms with Crippen LogP contribution < -0.4 is 4.74 Å². The molecule has 14 heavy (non-hydrogen) atoms. The Balaban J connectivity index is 3.10. The topological polar surface area (TPSA) is 13.6 Å². The number of nitrogens with zero attached hydrogens (tertiary/aromatic N) is 1. The van der Waals surface area contributed by atoms with Crippen LogP contribution in [0.5, 0.6) is 5.75 Å². The van der Waals surface area contributed by atoms with Crippen molar-refractivity contribution >= 4 is 0 Å². The van der Waals surface area contributed by atoms with Gasteiger partial charge in [-0.25, -0.2) is 11.0 Å². The SMILES string of the molecule is [C-]#[N+]C(C)c1cc(F)ccc1OCC. The third-order valence-electron chi connectivity index (χ3n) is 1.92. The van der Waals surface area contributed by atoms with Crippen molar-refractivity contribution in [3.8, 4) is 5.75 Å². The van der Waals surface area contributed by atoms with Crippen molar-refractivity contribution in [1.82, 2.24) is 0 Å². The summed E-state index contributed by atoms with van der Waals surface area (Å²) in [4.78, 5) is 3.35. The molecule has 1 aromatic carbocycles. The van der Waals surface area contributed by atoms with Gasteiger partial charge in [0.2, 0.25) is 6.04 Å². The van der Waals surface area contributed by atoms with E-state index in [1.807, 2.05) is 6.92 Å². The zero-order valence-electron chi connectivity index (χ0n) is 8.25. The van der Waals surface area contributed by atoms with Gasteiger partial charge in [-0.3, -0.25) is 0 Å². The monoisotopic (exact) mass is 193 g/mol. The van der Waals surface area contributed by atoms with E-state index in [1.165, 1.54) is 12.1 Å². The van der Waals surface area contributed by atoms with Crippen LogP contribution in [0, 0.1) is 12.4 Å². The second-order valence-corrected chi connectivity index (χ2v) is 2.92. The zero-order valence-corrected chi connectivity index (χ0v) is 8.25. The molecule has 1 aromatic rings. The number of hydrogen-bond acceptors (Lipinski definition) is 1. The minimum Gasteiger partial charge on any atom is -0.493 e. The minimum absolute atomic E-state index is 0.334. The van der Waals surface area contributed by atoms with Gasteiger partial charge in [-0.15, -0.1) is 0 Å². The molecule has 0 radical (unpaired) electrons. The smallest absolute Gasteiger partial charge is 0.249 e. The molecular formula is C11H12FNO. The first-order valence-electron chi connectivity index (χ1n) is 4.47. The molecule has 2 nitrogen and oxygen atoms in total. The van der Waals surface area contributed by atoms with Gasteiger partial charge < -0.3 is 9.58 Å². The van der Waals surface area contributed by atoms with Gasteiger partial charge in [0.1, 0.15) is 11.6 Å². The first kappa shape index (κ1) is 10.5. The van der Waals surface area contributed by atoms with Crippen LogP contribution >= 0.6 is 0 Å². The van der Waals surface area contributed by atoms with E-state index in [1.54, 1.807) is 13.0 Å². The highest BCUT2D eigenvalue weighted by atomic mass is 19.1. The molecule has 0 aliphatic heterocycles. The molecule has 1 unspecified atom stereocenters. The summed E-state index contributed by atoms with van der Waals surface area (Å²) in [6.45, 7) is 11.0. The van der Waals surface area contributed by atoms with E-state index in [0.717, 1.165) is 0 Å². The molecule has 0 aromatic heterocycles. The summed E-state index contributed by atoms with van der Waals surface area (Å²) in [7, 11) is 0. The third kappa shape index (κ3) is 2.23. The quantitative estimate of drug-likeness (QED) is 0.672. The fraction of sp³-hybridized carbons (Fsp3) is 0.364. The van der Waals surface area contributed by atoms with Gasteiger partial charge in [0.25, 0.3) is 0 Å². The van der Waals surface area contributed by atoms with Crippen LogP contribution in [-0.4, -0.2) is 6.61 Å². The second-order valence-electron chi connectivity index (χ2n) is 2.92. The van der Waals surface area contributed by atoms with Crippen molar-refractivity contribution in [3.05, 3.63) is 41.0 Å². The van der Waals surface area contributed by atoms with E-state index in [0.29, 0.717) is 17.9 Å². The molecule has 3 heteroatoms. The van der Waals surface area contributed by atoms with Gasteiger partial charge >= 0.3 is 0 Å². The lowest BCUT2D eigenvalue weighted by molar-refractivity contribution is 0.335. The van der Waals surface area contributed by atoms with Crippen LogP contribution in [0.1, 0.15) is 25.5 Å². The average Bonchev–Trinajstić information content (AvgIpc) is 2.20. The maximum absolute atomic E-state index is 12.9. The van der Waals surface area contributed by atoms with E-state index in [9.17, 15) is 4.39 Å². The molecule has 0 heterocycles. The summed E-state index contributed by atoms with van der Waals surface area (Å²) in [5.74, 6) is 0.261. The van der Waals surface area contributed by atoms with Gasteiger partial charge in [0, 0.05) is 6.92 Å². The maximum Gasteiger partial charge on any atom is 0.249 e. The molecule has 0 aliphatic carbocycles. The van der Waals surface area contributed by atoms with E-state index in [-0.39, 0.29) is 11.9 Å². The lowest BCUT2D eigenvalue weighted by atomic mass is 10.1. The first-order chi connectivity index (χ1) is 6.69. The molecule has 1 rings (SSSR count). The highest BCUT2D eigenvalue weighted by Gasteiger charge is 2.15. The largest absolute Gasteiger partial charge is 0.493 e. The number of ether oxygens (including phenoxy) is 1. The van der Waals surface area contributed by atoms with Crippen LogP contribution in [0.3, 0.4) is 0 Å². The fourth-order valence-corrected chi connectivity index (χ4v) is 1.20. The van der Waals surface area contributed by atoms with Gasteiger partial charge in [-0.05, 0) is 25.1 Å². The molecule has 0 aliphatic rings. The van der Waals surface area contributed by atoms with E-state index in [4.69, 9.17) is 11.3 Å². The van der Waals surface area contributed by atoms with Crippen molar-refractivity contribution in [2.24, 2.45) is 0 Å². The molecule has 0 fully saturated rings. The van der Waals surface area contributed by atoms with Crippen LogP contribution in [-0.2, 0) is 0 Å². The Morgan fingerprint density at radius 2 is 2.29 bits per heavy atom. The van der Waals surface area contributed by atoms with E-state index in [2.05, 4.69) is 4.85 Å². The van der Waals surface area contributed by atoms with Crippen LogP contribution in [0.2, 0.25) is 0 Å². The minimum atomic E-state index is -0.368. The lowest BCUT2D eigenvalue weighted by Crippen LogP contribution is -1.98. The zero-order chi connectivity index (χ0) is 10.6. The van der Waals surface area contributed by atoms with Crippen molar-refractivity contribution in [2.75, 3.05) is 6.61 Å². The summed E-state index contributed by atoms with van der Waals surface area (Å²) in [5, 5.41) is 0. The molecule has 1 atom stereocenters. The second kappa shape index (κ2) is 4.61. The maximum atomic E-state index is 12.9. The predicted octanol–water partition coefficient (Wildman–Crippen LogP) is 3.20.